The molecule has 90 valence electrons. The lowest BCUT2D eigenvalue weighted by Crippen LogP contribution is -2.02. The van der Waals surface area contributed by atoms with Crippen LogP contribution in [0.2, 0.25) is 0 Å². The third-order valence-corrected chi connectivity index (χ3v) is 2.62. The molecule has 0 saturated heterocycles. The Balaban J connectivity index is 2.41. The Bertz CT molecular complexity index is 295. The summed E-state index contributed by atoms with van der Waals surface area (Å²) in [5.74, 6) is 0.814. The zero-order chi connectivity index (χ0) is 11.8. The molecule has 0 saturated carbocycles. The third kappa shape index (κ3) is 4.23. The lowest BCUT2D eigenvalue weighted by molar-refractivity contribution is 0.190. The summed E-state index contributed by atoms with van der Waals surface area (Å²) in [4.78, 5) is 0. The summed E-state index contributed by atoms with van der Waals surface area (Å²) in [6, 6.07) is 7.69. The van der Waals surface area contributed by atoms with Crippen molar-refractivity contribution in [3.8, 4) is 5.75 Å². The van der Waals surface area contributed by atoms with Crippen molar-refractivity contribution in [2.75, 3.05) is 6.61 Å². The van der Waals surface area contributed by atoms with Crippen LogP contribution in [0.1, 0.15) is 51.2 Å². The van der Waals surface area contributed by atoms with Gasteiger partial charge in [-0.1, -0.05) is 44.4 Å². The number of benzene rings is 1. The van der Waals surface area contributed by atoms with E-state index in [1.54, 1.807) is 6.92 Å². The van der Waals surface area contributed by atoms with Crippen molar-refractivity contribution in [3.05, 3.63) is 29.8 Å². The summed E-state index contributed by atoms with van der Waals surface area (Å²) in [6.45, 7) is 4.70. The molecule has 0 radical (unpaired) electrons. The van der Waals surface area contributed by atoms with E-state index in [-0.39, 0.29) is 0 Å². The molecule has 0 bridgehead atoms. The fraction of sp³-hybridized carbons (Fsp3) is 0.571. The van der Waals surface area contributed by atoms with Crippen LogP contribution in [0.25, 0.3) is 0 Å². The van der Waals surface area contributed by atoms with Crippen LogP contribution in [-0.2, 0) is 0 Å². The molecule has 0 spiro atoms. The third-order valence-electron chi connectivity index (χ3n) is 2.62. The van der Waals surface area contributed by atoms with Crippen molar-refractivity contribution in [1.29, 1.82) is 0 Å². The molecule has 16 heavy (non-hydrogen) atoms. The summed E-state index contributed by atoms with van der Waals surface area (Å²) in [6.07, 6.45) is 4.34. The van der Waals surface area contributed by atoms with Gasteiger partial charge in [-0.15, -0.1) is 0 Å². The molecule has 0 aliphatic carbocycles. The van der Waals surface area contributed by atoms with Gasteiger partial charge in [-0.2, -0.15) is 0 Å². The fourth-order valence-electron chi connectivity index (χ4n) is 1.67. The van der Waals surface area contributed by atoms with Crippen LogP contribution in [-0.4, -0.2) is 11.7 Å². The number of aliphatic hydroxyl groups is 1. The monoisotopic (exact) mass is 222 g/mol. The molecular weight excluding hydrogens is 200 g/mol. The van der Waals surface area contributed by atoms with Crippen molar-refractivity contribution in [3.63, 3.8) is 0 Å². The van der Waals surface area contributed by atoms with Crippen molar-refractivity contribution in [2.24, 2.45) is 0 Å². The van der Waals surface area contributed by atoms with E-state index in [4.69, 9.17) is 4.74 Å². The maximum atomic E-state index is 9.57. The van der Waals surface area contributed by atoms with Gasteiger partial charge in [0.1, 0.15) is 5.75 Å². The summed E-state index contributed by atoms with van der Waals surface area (Å²) in [7, 11) is 0. The minimum absolute atomic E-state index is 0.466. The van der Waals surface area contributed by atoms with Gasteiger partial charge in [0.05, 0.1) is 12.7 Å². The number of rotatable bonds is 7. The van der Waals surface area contributed by atoms with Crippen molar-refractivity contribution >= 4 is 0 Å². The molecule has 0 aliphatic heterocycles. The van der Waals surface area contributed by atoms with Gasteiger partial charge in [0, 0.05) is 5.56 Å². The highest BCUT2D eigenvalue weighted by molar-refractivity contribution is 5.34. The lowest BCUT2D eigenvalue weighted by Gasteiger charge is -2.12. The van der Waals surface area contributed by atoms with E-state index in [1.807, 2.05) is 24.3 Å². The van der Waals surface area contributed by atoms with E-state index in [2.05, 4.69) is 6.92 Å². The Morgan fingerprint density at radius 2 is 1.94 bits per heavy atom. The predicted molar refractivity (Wildman–Crippen MR) is 66.7 cm³/mol. The minimum Gasteiger partial charge on any atom is -0.493 e. The van der Waals surface area contributed by atoms with Crippen molar-refractivity contribution < 1.29 is 9.84 Å². The van der Waals surface area contributed by atoms with E-state index in [0.29, 0.717) is 0 Å². The molecule has 1 unspecified atom stereocenters. The van der Waals surface area contributed by atoms with Gasteiger partial charge in [0.2, 0.25) is 0 Å². The van der Waals surface area contributed by atoms with E-state index in [0.717, 1.165) is 24.3 Å². The second-order valence-electron chi connectivity index (χ2n) is 4.12. The molecule has 1 aromatic carbocycles. The van der Waals surface area contributed by atoms with Crippen LogP contribution in [0, 0.1) is 0 Å². The van der Waals surface area contributed by atoms with Crippen LogP contribution in [0.15, 0.2) is 24.3 Å². The molecule has 0 heterocycles. The summed E-state index contributed by atoms with van der Waals surface area (Å²) in [5, 5.41) is 9.57. The van der Waals surface area contributed by atoms with Crippen LogP contribution < -0.4 is 4.74 Å². The minimum atomic E-state index is -0.466. The van der Waals surface area contributed by atoms with Gasteiger partial charge < -0.3 is 9.84 Å². The Kier molecular flexibility index (Phi) is 5.94. The van der Waals surface area contributed by atoms with Gasteiger partial charge >= 0.3 is 0 Å². The van der Waals surface area contributed by atoms with Crippen molar-refractivity contribution in [1.82, 2.24) is 0 Å². The number of unbranched alkanes of at least 4 members (excludes halogenated alkanes) is 3. The maximum absolute atomic E-state index is 9.57. The zero-order valence-electron chi connectivity index (χ0n) is 10.3. The summed E-state index contributed by atoms with van der Waals surface area (Å²) in [5.41, 5.74) is 0.873. The molecular formula is C14H22O2. The Morgan fingerprint density at radius 3 is 2.62 bits per heavy atom. The normalized spacial score (nSPS) is 12.4. The van der Waals surface area contributed by atoms with Gasteiger partial charge in [-0.05, 0) is 19.4 Å². The van der Waals surface area contributed by atoms with E-state index < -0.39 is 6.10 Å². The van der Waals surface area contributed by atoms with E-state index in [1.165, 1.54) is 19.3 Å². The molecule has 1 aromatic rings. The molecule has 0 fully saturated rings. The number of hydrogen-bond donors (Lipinski definition) is 1. The molecule has 0 amide bonds. The van der Waals surface area contributed by atoms with Crippen LogP contribution >= 0.6 is 0 Å². The van der Waals surface area contributed by atoms with E-state index in [9.17, 15) is 5.11 Å². The first kappa shape index (κ1) is 13.0. The average Bonchev–Trinajstić information content (AvgIpc) is 2.29. The second-order valence-corrected chi connectivity index (χ2v) is 4.12. The first-order chi connectivity index (χ1) is 7.75. The maximum Gasteiger partial charge on any atom is 0.125 e. The topological polar surface area (TPSA) is 29.5 Å². The first-order valence-corrected chi connectivity index (χ1v) is 6.15. The highest BCUT2D eigenvalue weighted by Crippen LogP contribution is 2.24. The summed E-state index contributed by atoms with van der Waals surface area (Å²) < 4.78 is 5.69. The molecule has 1 atom stereocenters. The molecule has 0 aliphatic rings. The molecule has 1 N–H and O–H groups in total. The van der Waals surface area contributed by atoms with E-state index >= 15 is 0 Å². The van der Waals surface area contributed by atoms with Crippen LogP contribution in [0.5, 0.6) is 5.75 Å². The van der Waals surface area contributed by atoms with Gasteiger partial charge in [-0.3, -0.25) is 0 Å². The van der Waals surface area contributed by atoms with Crippen molar-refractivity contribution in [2.45, 2.75) is 45.6 Å². The quantitative estimate of drug-likeness (QED) is 0.713. The first-order valence-electron chi connectivity index (χ1n) is 6.15. The molecule has 1 rings (SSSR count). The number of aliphatic hydroxyl groups excluding tert-OH is 1. The summed E-state index contributed by atoms with van der Waals surface area (Å²) >= 11 is 0. The average molecular weight is 222 g/mol. The molecule has 2 nitrogen and oxygen atoms in total. The lowest BCUT2D eigenvalue weighted by atomic mass is 10.1. The van der Waals surface area contributed by atoms with Gasteiger partial charge in [-0.25, -0.2) is 0 Å². The smallest absolute Gasteiger partial charge is 0.125 e. The zero-order valence-corrected chi connectivity index (χ0v) is 10.3. The largest absolute Gasteiger partial charge is 0.493 e. The van der Waals surface area contributed by atoms with Gasteiger partial charge in [0.25, 0.3) is 0 Å². The predicted octanol–water partition coefficient (Wildman–Crippen LogP) is 3.70. The number of para-hydroxylation sites is 1. The highest BCUT2D eigenvalue weighted by Gasteiger charge is 2.07. The van der Waals surface area contributed by atoms with Crippen LogP contribution in [0.4, 0.5) is 0 Å². The van der Waals surface area contributed by atoms with Crippen LogP contribution in [0.3, 0.4) is 0 Å². The standard InChI is InChI=1S/C14H22O2/c1-3-4-5-8-11-16-14-10-7-6-9-13(14)12(2)15/h6-7,9-10,12,15H,3-5,8,11H2,1-2H3. The Morgan fingerprint density at radius 1 is 1.19 bits per heavy atom. The Hall–Kier alpha value is -1.02. The number of ether oxygens (including phenoxy) is 1. The molecule has 2 heteroatoms. The Labute approximate surface area is 98.3 Å². The SMILES string of the molecule is CCCCCCOc1ccccc1C(C)O. The molecule has 0 aromatic heterocycles. The highest BCUT2D eigenvalue weighted by atomic mass is 16.5. The van der Waals surface area contributed by atoms with Gasteiger partial charge in [0.15, 0.2) is 0 Å². The number of hydrogen-bond acceptors (Lipinski definition) is 2. The fourth-order valence-corrected chi connectivity index (χ4v) is 1.67. The second kappa shape index (κ2) is 7.29.